The van der Waals surface area contributed by atoms with E-state index in [1.165, 1.54) is 12.1 Å². The summed E-state index contributed by atoms with van der Waals surface area (Å²) in [4.78, 5) is 77.7. The van der Waals surface area contributed by atoms with Crippen molar-refractivity contribution in [2.24, 2.45) is 29.4 Å². The lowest BCUT2D eigenvalue weighted by Crippen LogP contribution is -2.68. The fourth-order valence-corrected chi connectivity index (χ4v) is 5.56. The molecule has 1 aromatic carbocycles. The van der Waals surface area contributed by atoms with Crippen LogP contribution >= 0.6 is 0 Å². The number of benzene rings is 1. The first-order valence-electron chi connectivity index (χ1n) is 10.8. The molecule has 5 atom stereocenters. The van der Waals surface area contributed by atoms with Crippen LogP contribution in [0.3, 0.4) is 0 Å². The molecule has 2 fully saturated rings. The Morgan fingerprint density at radius 3 is 2.44 bits per heavy atom. The van der Waals surface area contributed by atoms with Crippen LogP contribution in [0, 0.1) is 23.7 Å². The molecule has 3 aliphatic rings. The van der Waals surface area contributed by atoms with E-state index >= 15 is 0 Å². The normalized spacial score (nSPS) is 30.5. The second-order valence-electron chi connectivity index (χ2n) is 9.51. The highest BCUT2D eigenvalue weighted by molar-refractivity contribution is 6.31. The van der Waals surface area contributed by atoms with Crippen molar-refractivity contribution in [2.45, 2.75) is 24.9 Å². The van der Waals surface area contributed by atoms with Gasteiger partial charge in [0.1, 0.15) is 5.75 Å². The van der Waals surface area contributed by atoms with Crippen molar-refractivity contribution in [2.75, 3.05) is 26.0 Å². The van der Waals surface area contributed by atoms with Crippen LogP contribution in [-0.2, 0) is 30.4 Å². The number of fused-ring (bicyclic) bond motifs is 3. The van der Waals surface area contributed by atoms with Crippen LogP contribution in [0.5, 0.6) is 5.75 Å². The molecule has 11 nitrogen and oxygen atoms in total. The fourth-order valence-electron chi connectivity index (χ4n) is 5.56. The van der Waals surface area contributed by atoms with E-state index in [1.54, 1.807) is 19.0 Å². The second kappa shape index (κ2) is 8.10. The van der Waals surface area contributed by atoms with E-state index in [-0.39, 0.29) is 30.9 Å². The maximum absolute atomic E-state index is 13.4. The summed E-state index contributed by atoms with van der Waals surface area (Å²) in [5.74, 6) is -11.1. The number of carbonyl (C=O) groups excluding carboxylic acids is 6. The number of anilines is 1. The molecule has 2 saturated carbocycles. The number of ketones is 4. The number of amides is 2. The third-order valence-corrected chi connectivity index (χ3v) is 7.02. The van der Waals surface area contributed by atoms with Gasteiger partial charge in [-0.3, -0.25) is 28.8 Å². The Labute approximate surface area is 194 Å². The van der Waals surface area contributed by atoms with Gasteiger partial charge in [0.2, 0.25) is 11.8 Å². The Balaban J connectivity index is 1.74. The van der Waals surface area contributed by atoms with Crippen molar-refractivity contribution in [1.29, 1.82) is 0 Å². The van der Waals surface area contributed by atoms with Gasteiger partial charge in [0.05, 0.1) is 18.0 Å². The van der Waals surface area contributed by atoms with Crippen LogP contribution < -0.4 is 11.1 Å². The van der Waals surface area contributed by atoms with Gasteiger partial charge in [-0.05, 0) is 50.6 Å². The first-order chi connectivity index (χ1) is 15.9. The average Bonchev–Trinajstić information content (AvgIpc) is 2.71. The van der Waals surface area contributed by atoms with Gasteiger partial charge in [-0.15, -0.1) is 0 Å². The molecule has 34 heavy (non-hydrogen) atoms. The quantitative estimate of drug-likeness (QED) is 0.310. The van der Waals surface area contributed by atoms with Crippen LogP contribution in [0.1, 0.15) is 28.8 Å². The first kappa shape index (κ1) is 23.7. The van der Waals surface area contributed by atoms with Crippen LogP contribution in [0.4, 0.5) is 5.69 Å². The molecule has 0 bridgehead atoms. The Morgan fingerprint density at radius 1 is 1.15 bits per heavy atom. The summed E-state index contributed by atoms with van der Waals surface area (Å²) in [7, 11) is 3.43. The number of nitrogens with zero attached hydrogens (tertiary/aromatic N) is 1. The van der Waals surface area contributed by atoms with Gasteiger partial charge in [-0.2, -0.15) is 0 Å². The topological polar surface area (TPSA) is 184 Å². The lowest BCUT2D eigenvalue weighted by molar-refractivity contribution is -0.175. The largest absolute Gasteiger partial charge is 0.507 e. The molecular weight excluding hydrogens is 446 g/mol. The zero-order valence-corrected chi connectivity index (χ0v) is 18.7. The highest BCUT2D eigenvalue weighted by atomic mass is 16.3. The predicted octanol–water partition coefficient (Wildman–Crippen LogP) is -1.17. The smallest absolute Gasteiger partial charge is 0.238 e. The highest BCUT2D eigenvalue weighted by Crippen LogP contribution is 2.50. The Kier molecular flexibility index (Phi) is 5.65. The summed E-state index contributed by atoms with van der Waals surface area (Å²) in [5, 5.41) is 24.3. The third kappa shape index (κ3) is 3.43. The van der Waals surface area contributed by atoms with Crippen molar-refractivity contribution in [3.8, 4) is 5.75 Å². The predicted molar refractivity (Wildman–Crippen MR) is 116 cm³/mol. The van der Waals surface area contributed by atoms with Crippen molar-refractivity contribution in [1.82, 2.24) is 4.90 Å². The minimum Gasteiger partial charge on any atom is -0.507 e. The molecule has 0 heterocycles. The maximum atomic E-state index is 13.4. The van der Waals surface area contributed by atoms with E-state index in [0.29, 0.717) is 11.3 Å². The molecule has 1 aromatic rings. The van der Waals surface area contributed by atoms with Crippen LogP contribution in [0.25, 0.3) is 0 Å². The summed E-state index contributed by atoms with van der Waals surface area (Å²) in [6.45, 7) is 0.0779. The summed E-state index contributed by atoms with van der Waals surface area (Å²) in [5.41, 5.74) is 2.97. The number of rotatable bonds is 4. The van der Waals surface area contributed by atoms with Crippen LogP contribution in [0.2, 0.25) is 0 Å². The number of hydrogen-bond donors (Lipinski definition) is 4. The van der Waals surface area contributed by atoms with Gasteiger partial charge in [0.15, 0.2) is 34.7 Å². The molecule has 180 valence electrons. The van der Waals surface area contributed by atoms with Crippen LogP contribution in [-0.4, -0.2) is 76.3 Å². The fraction of sp³-hybridized carbons (Fsp3) is 0.478. The molecule has 0 aliphatic heterocycles. The number of aromatic hydroxyl groups is 1. The zero-order chi connectivity index (χ0) is 25.1. The summed E-state index contributed by atoms with van der Waals surface area (Å²) in [6, 6.07) is 2.68. The monoisotopic (exact) mass is 471 g/mol. The Morgan fingerprint density at radius 2 is 1.82 bits per heavy atom. The number of carbonyl (C=O) groups is 6. The van der Waals surface area contributed by atoms with E-state index in [4.69, 9.17) is 5.73 Å². The molecule has 2 amide bonds. The highest BCUT2D eigenvalue weighted by Gasteiger charge is 2.66. The number of hydrogen-bond acceptors (Lipinski definition) is 9. The summed E-state index contributed by atoms with van der Waals surface area (Å²) >= 11 is 0. The lowest BCUT2D eigenvalue weighted by Gasteiger charge is -2.48. The zero-order valence-electron chi connectivity index (χ0n) is 18.7. The minimum absolute atomic E-state index is 0.0121. The van der Waals surface area contributed by atoms with Crippen molar-refractivity contribution in [3.63, 3.8) is 0 Å². The third-order valence-electron chi connectivity index (χ3n) is 7.02. The molecular formula is C23H25N3O8. The number of likely N-dealkylation sites (N-methyl/N-ethyl adjacent to an activating group) is 1. The molecule has 5 N–H and O–H groups in total. The van der Waals surface area contributed by atoms with Gasteiger partial charge in [-0.25, -0.2) is 0 Å². The van der Waals surface area contributed by atoms with Crippen molar-refractivity contribution < 1.29 is 39.0 Å². The van der Waals surface area contributed by atoms with Gasteiger partial charge >= 0.3 is 0 Å². The van der Waals surface area contributed by atoms with Gasteiger partial charge in [-0.1, -0.05) is 0 Å². The van der Waals surface area contributed by atoms with Gasteiger partial charge in [0, 0.05) is 18.0 Å². The van der Waals surface area contributed by atoms with Gasteiger partial charge in [0.25, 0.3) is 0 Å². The summed E-state index contributed by atoms with van der Waals surface area (Å²) < 4.78 is 0. The number of phenols is 1. The number of aliphatic hydroxyl groups is 1. The molecule has 0 spiro atoms. The molecule has 0 saturated heterocycles. The number of phenolic OH excluding ortho intramolecular Hbond substituents is 1. The number of primary amides is 1. The molecule has 0 radical (unpaired) electrons. The number of Topliss-reactive ketones (excluding diaryl/α,β-unsaturated/α-hetero) is 4. The number of nitrogens with two attached hydrogens (primary N) is 1. The van der Waals surface area contributed by atoms with E-state index < -0.39 is 70.5 Å². The SMILES string of the molecule is CN(C)CC(=O)Nc1ccc(O)c2c1CC1CC3CC(=O)C(C(N)=O)C(=O)[C@@]3(O)C(=O)C1C2=O. The summed E-state index contributed by atoms with van der Waals surface area (Å²) in [6.07, 6.45) is -0.322. The molecule has 0 aromatic heterocycles. The maximum Gasteiger partial charge on any atom is 0.238 e. The van der Waals surface area contributed by atoms with Crippen molar-refractivity contribution >= 4 is 40.6 Å². The molecule has 4 unspecified atom stereocenters. The van der Waals surface area contributed by atoms with Crippen molar-refractivity contribution in [3.05, 3.63) is 23.3 Å². The minimum atomic E-state index is -2.69. The van der Waals surface area contributed by atoms with E-state index in [9.17, 15) is 39.0 Å². The van der Waals surface area contributed by atoms with Crippen LogP contribution in [0.15, 0.2) is 12.1 Å². The van der Waals surface area contributed by atoms with Gasteiger partial charge < -0.3 is 26.2 Å². The molecule has 3 aliphatic carbocycles. The standard InChI is InChI=1S/C23H25N3O8/c1-26(2)8-15(29)25-12-3-4-13(27)17-11(12)6-9-5-10-7-14(28)18(22(24)33)21(32)23(10,34)20(31)16(9)19(17)30/h3-4,9-10,16,18,27,34H,5-8H2,1-2H3,(H2,24,33)(H,25,29)/t9?,10?,16?,18?,23-/m0/s1. The Hall–Kier alpha value is -3.44. The second-order valence-corrected chi connectivity index (χ2v) is 9.51. The first-order valence-corrected chi connectivity index (χ1v) is 10.8. The van der Waals surface area contributed by atoms with E-state index in [1.807, 2.05) is 0 Å². The molecule has 11 heteroatoms. The van der Waals surface area contributed by atoms with E-state index in [2.05, 4.69) is 5.32 Å². The average molecular weight is 471 g/mol. The number of nitrogens with one attached hydrogen (secondary N) is 1. The van der Waals surface area contributed by atoms with E-state index in [0.717, 1.165) is 0 Å². The molecule has 4 rings (SSSR count). The lowest BCUT2D eigenvalue weighted by atomic mass is 9.54. The Bertz CT molecular complexity index is 1160.